The van der Waals surface area contributed by atoms with Crippen LogP contribution in [0.2, 0.25) is 5.02 Å². The van der Waals surface area contributed by atoms with Gasteiger partial charge in [0.1, 0.15) is 5.58 Å². The zero-order valence-corrected chi connectivity index (χ0v) is 20.4. The van der Waals surface area contributed by atoms with Gasteiger partial charge in [0.05, 0.1) is 17.0 Å². The Kier molecular flexibility index (Phi) is 5.59. The van der Waals surface area contributed by atoms with Gasteiger partial charge in [-0.3, -0.25) is 4.79 Å². The van der Waals surface area contributed by atoms with Crippen LogP contribution in [0.3, 0.4) is 0 Å². The van der Waals surface area contributed by atoms with Gasteiger partial charge in [-0.25, -0.2) is 4.79 Å². The molecule has 1 aliphatic heterocycles. The molecule has 1 saturated heterocycles. The molecule has 2 atom stereocenters. The maximum atomic E-state index is 13.1. The molecule has 6 nitrogen and oxygen atoms in total. The number of carboxylic acids is 1. The number of fused-ring (bicyclic) bond motifs is 1. The maximum absolute atomic E-state index is 13.1. The van der Waals surface area contributed by atoms with Gasteiger partial charge in [0, 0.05) is 35.4 Å². The number of nitrogens with zero attached hydrogens (tertiary/aromatic N) is 1. The number of hydrogen-bond acceptors (Lipinski definition) is 5. The lowest BCUT2D eigenvalue weighted by Crippen LogP contribution is -2.35. The fourth-order valence-electron chi connectivity index (χ4n) is 5.45. The molecule has 1 aromatic heterocycles. The van der Waals surface area contributed by atoms with Crippen molar-refractivity contribution in [2.75, 3.05) is 23.3 Å². The summed E-state index contributed by atoms with van der Waals surface area (Å²) in [4.78, 5) is 27.0. The molecule has 7 heteroatoms. The average molecular weight is 481 g/mol. The fourth-order valence-corrected chi connectivity index (χ4v) is 5.62. The van der Waals surface area contributed by atoms with Crippen LogP contribution in [0.1, 0.15) is 60.6 Å². The molecule has 5 rings (SSSR count). The minimum absolute atomic E-state index is 0.0637. The molecule has 0 amide bonds. The Balaban J connectivity index is 1.51. The Hall–Kier alpha value is -2.99. The van der Waals surface area contributed by atoms with E-state index in [0.29, 0.717) is 33.0 Å². The number of nitrogens with one attached hydrogen (secondary N) is 1. The first-order chi connectivity index (χ1) is 16.2. The molecule has 0 radical (unpaired) electrons. The first kappa shape index (κ1) is 22.8. The zero-order chi connectivity index (χ0) is 24.2. The second kappa shape index (κ2) is 8.35. The van der Waals surface area contributed by atoms with Gasteiger partial charge in [-0.05, 0) is 74.3 Å². The highest BCUT2D eigenvalue weighted by molar-refractivity contribution is 6.31. The standard InChI is InChI=1S/C27H29ClN2O4/c1-15-10-19(17(3)29-22-5-4-18(28)12-20(22)26(32)33)25-21(11-15)23(31)13-24(34-25)30-8-6-27(7-9-30)14-16(27)2/h4-5,10-13,16-17,29H,6-9,14H2,1-3H3,(H,32,33). The number of hydrogen-bond donors (Lipinski definition) is 2. The molecular weight excluding hydrogens is 452 g/mol. The molecule has 2 aromatic carbocycles. The second-order valence-electron chi connectivity index (χ2n) is 10.00. The minimum Gasteiger partial charge on any atom is -0.478 e. The van der Waals surface area contributed by atoms with E-state index in [1.807, 2.05) is 26.0 Å². The topological polar surface area (TPSA) is 82.8 Å². The number of anilines is 2. The number of aromatic carboxylic acids is 1. The van der Waals surface area contributed by atoms with Crippen LogP contribution in [0.4, 0.5) is 11.6 Å². The van der Waals surface area contributed by atoms with Crippen LogP contribution in [0.5, 0.6) is 0 Å². The van der Waals surface area contributed by atoms with Gasteiger partial charge in [-0.15, -0.1) is 0 Å². The van der Waals surface area contributed by atoms with E-state index in [1.54, 1.807) is 18.2 Å². The third kappa shape index (κ3) is 4.05. The Morgan fingerprint density at radius 3 is 2.59 bits per heavy atom. The largest absolute Gasteiger partial charge is 0.478 e. The number of carboxylic acid groups (broad SMARTS) is 1. The first-order valence-corrected chi connectivity index (χ1v) is 12.2. The van der Waals surface area contributed by atoms with E-state index in [9.17, 15) is 14.7 Å². The number of benzene rings is 2. The molecule has 1 saturated carbocycles. The smallest absolute Gasteiger partial charge is 0.337 e. The number of piperidine rings is 1. The third-order valence-corrected chi connectivity index (χ3v) is 7.94. The monoisotopic (exact) mass is 480 g/mol. The summed E-state index contributed by atoms with van der Waals surface area (Å²) >= 11 is 6.01. The maximum Gasteiger partial charge on any atom is 0.337 e. The lowest BCUT2D eigenvalue weighted by molar-refractivity contribution is 0.0698. The van der Waals surface area contributed by atoms with Gasteiger partial charge in [0.25, 0.3) is 0 Å². The summed E-state index contributed by atoms with van der Waals surface area (Å²) in [6.45, 7) is 7.97. The summed E-state index contributed by atoms with van der Waals surface area (Å²) in [6, 6.07) is 9.87. The van der Waals surface area contributed by atoms with Crippen LogP contribution in [0.25, 0.3) is 11.0 Å². The van der Waals surface area contributed by atoms with Gasteiger partial charge in [0.15, 0.2) is 11.3 Å². The summed E-state index contributed by atoms with van der Waals surface area (Å²) in [5.41, 5.74) is 3.27. The minimum atomic E-state index is -1.06. The van der Waals surface area contributed by atoms with Crippen LogP contribution in [0, 0.1) is 18.3 Å². The molecule has 2 aliphatic rings. The highest BCUT2D eigenvalue weighted by Crippen LogP contribution is 2.59. The van der Waals surface area contributed by atoms with E-state index >= 15 is 0 Å². The zero-order valence-electron chi connectivity index (χ0n) is 19.7. The predicted molar refractivity (Wildman–Crippen MR) is 135 cm³/mol. The number of carbonyl (C=O) groups is 1. The molecule has 3 aromatic rings. The van der Waals surface area contributed by atoms with Crippen molar-refractivity contribution in [3.63, 3.8) is 0 Å². The van der Waals surface area contributed by atoms with Crippen molar-refractivity contribution in [1.82, 2.24) is 0 Å². The van der Waals surface area contributed by atoms with Gasteiger partial charge >= 0.3 is 5.97 Å². The van der Waals surface area contributed by atoms with E-state index < -0.39 is 5.97 Å². The molecule has 2 N–H and O–H groups in total. The summed E-state index contributed by atoms with van der Waals surface area (Å²) in [5.74, 6) is 0.340. The summed E-state index contributed by atoms with van der Waals surface area (Å²) in [5, 5.41) is 13.8. The lowest BCUT2D eigenvalue weighted by atomic mass is 9.91. The molecule has 1 aliphatic carbocycles. The van der Waals surface area contributed by atoms with Crippen molar-refractivity contribution in [3.8, 4) is 0 Å². The third-order valence-electron chi connectivity index (χ3n) is 7.71. The van der Waals surface area contributed by atoms with E-state index in [1.165, 1.54) is 12.5 Å². The molecule has 178 valence electrons. The Bertz CT molecular complexity index is 1340. The first-order valence-electron chi connectivity index (χ1n) is 11.8. The van der Waals surface area contributed by atoms with Gasteiger partial charge in [-0.1, -0.05) is 24.6 Å². The van der Waals surface area contributed by atoms with Gasteiger partial charge < -0.3 is 19.7 Å². The van der Waals surface area contributed by atoms with Crippen LogP contribution < -0.4 is 15.6 Å². The number of aryl methyl sites for hydroxylation is 1. The predicted octanol–water partition coefficient (Wildman–Crippen LogP) is 6.25. The van der Waals surface area contributed by atoms with Crippen molar-refractivity contribution in [2.24, 2.45) is 11.3 Å². The molecule has 34 heavy (non-hydrogen) atoms. The van der Waals surface area contributed by atoms with Crippen molar-refractivity contribution in [2.45, 2.75) is 46.1 Å². The van der Waals surface area contributed by atoms with E-state index in [0.717, 1.165) is 43.0 Å². The van der Waals surface area contributed by atoms with E-state index in [2.05, 4.69) is 17.1 Å². The number of rotatable bonds is 5. The highest BCUT2D eigenvalue weighted by Gasteiger charge is 2.51. The molecule has 2 unspecified atom stereocenters. The second-order valence-corrected chi connectivity index (χ2v) is 10.4. The molecule has 0 bridgehead atoms. The lowest BCUT2D eigenvalue weighted by Gasteiger charge is -2.33. The van der Waals surface area contributed by atoms with Crippen molar-refractivity contribution in [1.29, 1.82) is 0 Å². The van der Waals surface area contributed by atoms with Crippen molar-refractivity contribution in [3.05, 3.63) is 68.3 Å². The van der Waals surface area contributed by atoms with Crippen LogP contribution >= 0.6 is 11.6 Å². The van der Waals surface area contributed by atoms with Crippen LogP contribution in [-0.2, 0) is 0 Å². The molecule has 2 fully saturated rings. The van der Waals surface area contributed by atoms with Gasteiger partial charge in [0.2, 0.25) is 0 Å². The Labute approximate surface area is 203 Å². The Morgan fingerprint density at radius 1 is 1.24 bits per heavy atom. The average Bonchev–Trinajstić information content (AvgIpc) is 3.42. The van der Waals surface area contributed by atoms with Crippen molar-refractivity contribution < 1.29 is 14.3 Å². The van der Waals surface area contributed by atoms with E-state index in [-0.39, 0.29) is 17.0 Å². The normalized spacial score (nSPS) is 19.9. The fraction of sp³-hybridized carbons (Fsp3) is 0.407. The molecule has 1 spiro atoms. The van der Waals surface area contributed by atoms with Crippen LogP contribution in [-0.4, -0.2) is 24.2 Å². The van der Waals surface area contributed by atoms with Crippen LogP contribution in [0.15, 0.2) is 45.6 Å². The quantitative estimate of drug-likeness (QED) is 0.449. The SMILES string of the molecule is Cc1cc(C(C)Nc2ccc(Cl)cc2C(=O)O)c2oc(N3CCC4(CC3)CC4C)cc(=O)c2c1. The highest BCUT2D eigenvalue weighted by atomic mass is 35.5. The molecular formula is C27H29ClN2O4. The van der Waals surface area contributed by atoms with Gasteiger partial charge in [-0.2, -0.15) is 0 Å². The summed E-state index contributed by atoms with van der Waals surface area (Å²) in [7, 11) is 0. The summed E-state index contributed by atoms with van der Waals surface area (Å²) in [6.07, 6.45) is 3.56. The molecule has 2 heterocycles. The summed E-state index contributed by atoms with van der Waals surface area (Å²) < 4.78 is 6.39. The Morgan fingerprint density at radius 2 is 1.94 bits per heavy atom. The van der Waals surface area contributed by atoms with E-state index in [4.69, 9.17) is 16.0 Å². The van der Waals surface area contributed by atoms with Crippen molar-refractivity contribution >= 4 is 40.1 Å². The number of halogens is 1.